The maximum Gasteiger partial charge on any atom is 0.162 e. The molecule has 110 valence electrons. The smallest absolute Gasteiger partial charge is 0.162 e. The van der Waals surface area contributed by atoms with Gasteiger partial charge in [-0.25, -0.2) is 4.39 Å². The number of fused-ring (bicyclic) bond motifs is 1. The summed E-state index contributed by atoms with van der Waals surface area (Å²) in [5, 5.41) is 0. The predicted octanol–water partition coefficient (Wildman–Crippen LogP) is 3.77. The van der Waals surface area contributed by atoms with Gasteiger partial charge in [-0.15, -0.1) is 0 Å². The average Bonchev–Trinajstić information content (AvgIpc) is 2.49. The molecular formula is C16H16FNO2S. The van der Waals surface area contributed by atoms with E-state index in [2.05, 4.69) is 0 Å². The molecular weight excluding hydrogens is 289 g/mol. The molecule has 3 rings (SSSR count). The lowest BCUT2D eigenvalue weighted by molar-refractivity contribution is 0.171. The molecule has 0 amide bonds. The molecule has 0 unspecified atom stereocenters. The summed E-state index contributed by atoms with van der Waals surface area (Å²) in [6.45, 7) is 2.98. The minimum absolute atomic E-state index is 0.222. The van der Waals surface area contributed by atoms with Crippen LogP contribution in [0.25, 0.3) is 0 Å². The highest BCUT2D eigenvalue weighted by Gasteiger charge is 2.14. The van der Waals surface area contributed by atoms with Crippen LogP contribution in [-0.4, -0.2) is 13.2 Å². The molecule has 1 aliphatic rings. The Morgan fingerprint density at radius 1 is 1.10 bits per heavy atom. The first kappa shape index (κ1) is 14.2. The number of nitrogens with two attached hydrogens (primary N) is 1. The van der Waals surface area contributed by atoms with E-state index in [1.54, 1.807) is 17.8 Å². The van der Waals surface area contributed by atoms with Gasteiger partial charge in [0.05, 0.1) is 0 Å². The predicted molar refractivity (Wildman–Crippen MR) is 80.6 cm³/mol. The third kappa shape index (κ3) is 3.14. The zero-order chi connectivity index (χ0) is 14.8. The third-order valence-corrected chi connectivity index (χ3v) is 4.29. The van der Waals surface area contributed by atoms with E-state index in [4.69, 9.17) is 15.2 Å². The van der Waals surface area contributed by atoms with E-state index in [1.165, 1.54) is 12.1 Å². The van der Waals surface area contributed by atoms with Crippen molar-refractivity contribution in [3.8, 4) is 11.5 Å². The largest absolute Gasteiger partial charge is 0.486 e. The van der Waals surface area contributed by atoms with Crippen LogP contribution in [0.3, 0.4) is 0 Å². The lowest BCUT2D eigenvalue weighted by atomic mass is 10.1. The Morgan fingerprint density at radius 3 is 2.62 bits per heavy atom. The van der Waals surface area contributed by atoms with Crippen LogP contribution in [0.2, 0.25) is 0 Å². The molecule has 0 fully saturated rings. The zero-order valence-electron chi connectivity index (χ0n) is 11.6. The van der Waals surface area contributed by atoms with E-state index in [1.807, 2.05) is 25.1 Å². The summed E-state index contributed by atoms with van der Waals surface area (Å²) in [5.41, 5.74) is 6.72. The van der Waals surface area contributed by atoms with Gasteiger partial charge in [-0.2, -0.15) is 0 Å². The normalized spacial score (nSPS) is 14.8. The number of halogens is 1. The molecule has 5 heteroatoms. The van der Waals surface area contributed by atoms with Crippen LogP contribution in [0.1, 0.15) is 18.5 Å². The van der Waals surface area contributed by atoms with E-state index >= 15 is 0 Å². The Bertz CT molecular complexity index is 661. The minimum atomic E-state index is -0.270. The van der Waals surface area contributed by atoms with Crippen LogP contribution in [0.15, 0.2) is 46.2 Å². The van der Waals surface area contributed by atoms with Gasteiger partial charge in [-0.3, -0.25) is 0 Å². The van der Waals surface area contributed by atoms with Crippen molar-refractivity contribution in [1.29, 1.82) is 0 Å². The van der Waals surface area contributed by atoms with Crippen molar-refractivity contribution in [3.63, 3.8) is 0 Å². The molecule has 1 aliphatic heterocycles. The highest BCUT2D eigenvalue weighted by atomic mass is 32.2. The molecule has 0 saturated heterocycles. The summed E-state index contributed by atoms with van der Waals surface area (Å²) < 4.78 is 24.4. The lowest BCUT2D eigenvalue weighted by Gasteiger charge is -2.19. The van der Waals surface area contributed by atoms with Gasteiger partial charge >= 0.3 is 0 Å². The molecule has 21 heavy (non-hydrogen) atoms. The van der Waals surface area contributed by atoms with Crippen LogP contribution < -0.4 is 15.2 Å². The molecule has 2 N–H and O–H groups in total. The molecule has 0 bridgehead atoms. The van der Waals surface area contributed by atoms with E-state index < -0.39 is 0 Å². The molecule has 0 spiro atoms. The fraction of sp³-hybridized carbons (Fsp3) is 0.250. The number of benzene rings is 2. The third-order valence-electron chi connectivity index (χ3n) is 3.20. The minimum Gasteiger partial charge on any atom is -0.486 e. The quantitative estimate of drug-likeness (QED) is 0.937. The topological polar surface area (TPSA) is 44.5 Å². The SMILES string of the molecule is C[C@@H](N)c1cc(F)ccc1Sc1ccc2c(c1)OCCO2. The average molecular weight is 305 g/mol. The lowest BCUT2D eigenvalue weighted by Crippen LogP contribution is -2.15. The van der Waals surface area contributed by atoms with Crippen molar-refractivity contribution in [2.45, 2.75) is 22.8 Å². The molecule has 2 aromatic rings. The maximum atomic E-state index is 13.4. The van der Waals surface area contributed by atoms with Gasteiger partial charge in [0.25, 0.3) is 0 Å². The highest BCUT2D eigenvalue weighted by Crippen LogP contribution is 2.38. The molecule has 0 aromatic heterocycles. The van der Waals surface area contributed by atoms with E-state index in [9.17, 15) is 4.39 Å². The van der Waals surface area contributed by atoms with Crippen molar-refractivity contribution < 1.29 is 13.9 Å². The second-order valence-electron chi connectivity index (χ2n) is 4.88. The van der Waals surface area contributed by atoms with Gasteiger partial charge in [-0.1, -0.05) is 11.8 Å². The van der Waals surface area contributed by atoms with Crippen LogP contribution in [-0.2, 0) is 0 Å². The maximum absolute atomic E-state index is 13.4. The van der Waals surface area contributed by atoms with Gasteiger partial charge in [0.2, 0.25) is 0 Å². The molecule has 1 atom stereocenters. The van der Waals surface area contributed by atoms with Crippen LogP contribution >= 0.6 is 11.8 Å². The fourth-order valence-corrected chi connectivity index (χ4v) is 3.24. The second kappa shape index (κ2) is 5.95. The number of rotatable bonds is 3. The molecule has 0 aliphatic carbocycles. The summed E-state index contributed by atoms with van der Waals surface area (Å²) in [7, 11) is 0. The Balaban J connectivity index is 1.90. The first-order valence-electron chi connectivity index (χ1n) is 6.76. The van der Waals surface area contributed by atoms with Crippen LogP contribution in [0.4, 0.5) is 4.39 Å². The number of hydrogen-bond acceptors (Lipinski definition) is 4. The van der Waals surface area contributed by atoms with Crippen molar-refractivity contribution in [3.05, 3.63) is 47.8 Å². The molecule has 0 radical (unpaired) electrons. The van der Waals surface area contributed by atoms with E-state index in [0.29, 0.717) is 13.2 Å². The summed E-state index contributed by atoms with van der Waals surface area (Å²) in [5.74, 6) is 1.24. The number of hydrogen-bond donors (Lipinski definition) is 1. The van der Waals surface area contributed by atoms with E-state index in [-0.39, 0.29) is 11.9 Å². The zero-order valence-corrected chi connectivity index (χ0v) is 12.5. The standard InChI is InChI=1S/C16H16FNO2S/c1-10(18)13-8-11(17)2-5-16(13)21-12-3-4-14-15(9-12)20-7-6-19-14/h2-5,8-10H,6-7,18H2,1H3/t10-/m1/s1. The summed E-state index contributed by atoms with van der Waals surface area (Å²) in [4.78, 5) is 1.95. The summed E-state index contributed by atoms with van der Waals surface area (Å²) in [6.07, 6.45) is 0. The van der Waals surface area contributed by atoms with Gasteiger partial charge in [0.15, 0.2) is 11.5 Å². The van der Waals surface area contributed by atoms with Crippen molar-refractivity contribution >= 4 is 11.8 Å². The van der Waals surface area contributed by atoms with Crippen molar-refractivity contribution in [2.75, 3.05) is 13.2 Å². The number of ether oxygens (including phenoxy) is 2. The van der Waals surface area contributed by atoms with Gasteiger partial charge in [0, 0.05) is 15.8 Å². The Morgan fingerprint density at radius 2 is 1.86 bits per heavy atom. The Labute approximate surface area is 127 Å². The Kier molecular flexibility index (Phi) is 4.03. The van der Waals surface area contributed by atoms with Gasteiger partial charge in [-0.05, 0) is 48.9 Å². The molecule has 1 heterocycles. The van der Waals surface area contributed by atoms with E-state index in [0.717, 1.165) is 26.9 Å². The summed E-state index contributed by atoms with van der Waals surface area (Å²) in [6, 6.07) is 10.3. The van der Waals surface area contributed by atoms with Crippen molar-refractivity contribution in [2.24, 2.45) is 5.73 Å². The van der Waals surface area contributed by atoms with Gasteiger partial charge in [0.1, 0.15) is 19.0 Å². The highest BCUT2D eigenvalue weighted by molar-refractivity contribution is 7.99. The second-order valence-corrected chi connectivity index (χ2v) is 5.99. The molecule has 2 aromatic carbocycles. The monoisotopic (exact) mass is 305 g/mol. The Hall–Kier alpha value is -1.72. The summed E-state index contributed by atoms with van der Waals surface area (Å²) >= 11 is 1.54. The van der Waals surface area contributed by atoms with Crippen LogP contribution in [0, 0.1) is 5.82 Å². The molecule has 0 saturated carbocycles. The fourth-order valence-electron chi connectivity index (χ4n) is 2.18. The van der Waals surface area contributed by atoms with Crippen molar-refractivity contribution in [1.82, 2.24) is 0 Å². The first-order chi connectivity index (χ1) is 10.1. The van der Waals surface area contributed by atoms with Crippen LogP contribution in [0.5, 0.6) is 11.5 Å². The first-order valence-corrected chi connectivity index (χ1v) is 7.57. The van der Waals surface area contributed by atoms with Gasteiger partial charge < -0.3 is 15.2 Å². The molecule has 3 nitrogen and oxygen atoms in total.